The molecule has 0 aliphatic carbocycles. The fourth-order valence-electron chi connectivity index (χ4n) is 1.94. The standard InChI is InChI=1S/C16H16N3O3/c17-15(21)13-6-2-1-4-11(13)7-8-14(20)16(22)19-12-5-3-9-18-10-12/h1-6,8-10,14,20H,7H2,(H2,17,21)(H,19,22)/t14-/m0/s1. The Balaban J connectivity index is 1.94. The second-order valence-electron chi connectivity index (χ2n) is 4.64. The average Bonchev–Trinajstić information content (AvgIpc) is 2.53. The average molecular weight is 298 g/mol. The van der Waals surface area contributed by atoms with Crippen molar-refractivity contribution in [3.8, 4) is 0 Å². The van der Waals surface area contributed by atoms with Gasteiger partial charge in [-0.3, -0.25) is 14.6 Å². The van der Waals surface area contributed by atoms with Crippen LogP contribution in [-0.4, -0.2) is 28.0 Å². The van der Waals surface area contributed by atoms with E-state index < -0.39 is 17.9 Å². The maximum absolute atomic E-state index is 11.8. The SMILES string of the molecule is NC(=O)c1ccccc1C[CH][C@H](O)C(=O)Nc1cccnc1. The highest BCUT2D eigenvalue weighted by Crippen LogP contribution is 2.12. The van der Waals surface area contributed by atoms with Crippen LogP contribution in [0.3, 0.4) is 0 Å². The molecule has 2 amide bonds. The van der Waals surface area contributed by atoms with Crippen molar-refractivity contribution >= 4 is 17.5 Å². The number of amides is 2. The van der Waals surface area contributed by atoms with Crippen molar-refractivity contribution in [1.29, 1.82) is 0 Å². The topological polar surface area (TPSA) is 105 Å². The van der Waals surface area contributed by atoms with E-state index in [1.54, 1.807) is 42.6 Å². The Labute approximate surface area is 128 Å². The van der Waals surface area contributed by atoms with Crippen LogP contribution < -0.4 is 11.1 Å². The summed E-state index contributed by atoms with van der Waals surface area (Å²) in [7, 11) is 0. The molecule has 1 atom stereocenters. The molecule has 0 aliphatic rings. The first kappa shape index (κ1) is 15.7. The summed E-state index contributed by atoms with van der Waals surface area (Å²) in [4.78, 5) is 27.0. The van der Waals surface area contributed by atoms with Crippen LogP contribution in [-0.2, 0) is 11.2 Å². The number of aliphatic hydroxyl groups excluding tert-OH is 1. The molecule has 0 fully saturated rings. The third kappa shape index (κ3) is 4.13. The van der Waals surface area contributed by atoms with E-state index in [-0.39, 0.29) is 6.42 Å². The molecule has 22 heavy (non-hydrogen) atoms. The number of nitrogens with zero attached hydrogens (tertiary/aromatic N) is 1. The van der Waals surface area contributed by atoms with Crippen molar-refractivity contribution in [3.05, 3.63) is 66.3 Å². The fourth-order valence-corrected chi connectivity index (χ4v) is 1.94. The largest absolute Gasteiger partial charge is 0.383 e. The zero-order chi connectivity index (χ0) is 15.9. The Morgan fingerprint density at radius 3 is 2.73 bits per heavy atom. The summed E-state index contributed by atoms with van der Waals surface area (Å²) in [5.74, 6) is -1.11. The third-order valence-corrected chi connectivity index (χ3v) is 3.04. The number of hydrogen-bond donors (Lipinski definition) is 3. The first-order valence-corrected chi connectivity index (χ1v) is 6.68. The molecule has 1 radical (unpaired) electrons. The van der Waals surface area contributed by atoms with Crippen LogP contribution >= 0.6 is 0 Å². The number of aromatic nitrogens is 1. The van der Waals surface area contributed by atoms with Crippen molar-refractivity contribution in [2.24, 2.45) is 5.73 Å². The molecule has 2 aromatic rings. The number of benzene rings is 1. The Bertz CT molecular complexity index is 659. The zero-order valence-electron chi connectivity index (χ0n) is 11.8. The summed E-state index contributed by atoms with van der Waals surface area (Å²) in [6.45, 7) is 0. The van der Waals surface area contributed by atoms with Gasteiger partial charge in [0.25, 0.3) is 5.91 Å². The molecule has 6 nitrogen and oxygen atoms in total. The summed E-state index contributed by atoms with van der Waals surface area (Å²) >= 11 is 0. The molecule has 6 heteroatoms. The molecule has 0 spiro atoms. The van der Waals surface area contributed by atoms with Gasteiger partial charge in [0.2, 0.25) is 5.91 Å². The third-order valence-electron chi connectivity index (χ3n) is 3.04. The second kappa shape index (κ2) is 7.33. The molecular weight excluding hydrogens is 282 g/mol. The van der Waals surface area contributed by atoms with Crippen LogP contribution in [0, 0.1) is 6.42 Å². The van der Waals surface area contributed by atoms with Crippen molar-refractivity contribution in [1.82, 2.24) is 4.98 Å². The monoisotopic (exact) mass is 298 g/mol. The number of nitrogens with two attached hydrogens (primary N) is 1. The highest BCUT2D eigenvalue weighted by molar-refractivity contribution is 5.95. The number of pyridine rings is 1. The second-order valence-corrected chi connectivity index (χ2v) is 4.64. The number of carbonyl (C=O) groups is 2. The molecule has 0 saturated carbocycles. The van der Waals surface area contributed by atoms with Crippen molar-refractivity contribution in [2.75, 3.05) is 5.32 Å². The Kier molecular flexibility index (Phi) is 5.21. The van der Waals surface area contributed by atoms with Gasteiger partial charge in [-0.2, -0.15) is 0 Å². The van der Waals surface area contributed by atoms with Crippen LogP contribution in [0.1, 0.15) is 15.9 Å². The van der Waals surface area contributed by atoms with Gasteiger partial charge in [-0.1, -0.05) is 18.2 Å². The van der Waals surface area contributed by atoms with Gasteiger partial charge >= 0.3 is 0 Å². The molecule has 0 aliphatic heterocycles. The van der Waals surface area contributed by atoms with Crippen molar-refractivity contribution in [3.63, 3.8) is 0 Å². The van der Waals surface area contributed by atoms with Gasteiger partial charge in [0.15, 0.2) is 0 Å². The minimum atomic E-state index is -1.30. The van der Waals surface area contributed by atoms with Gasteiger partial charge < -0.3 is 16.2 Å². The van der Waals surface area contributed by atoms with E-state index in [1.165, 1.54) is 12.6 Å². The molecule has 4 N–H and O–H groups in total. The molecule has 1 aromatic heterocycles. The quantitative estimate of drug-likeness (QED) is 0.737. The summed E-state index contributed by atoms with van der Waals surface area (Å²) in [5.41, 5.74) is 6.81. The number of anilines is 1. The van der Waals surface area contributed by atoms with Crippen LogP contribution in [0.5, 0.6) is 0 Å². The van der Waals surface area contributed by atoms with E-state index in [1.807, 2.05) is 0 Å². The predicted molar refractivity (Wildman–Crippen MR) is 81.8 cm³/mol. The van der Waals surface area contributed by atoms with Crippen LogP contribution in [0.4, 0.5) is 5.69 Å². The fraction of sp³-hybridized carbons (Fsp3) is 0.125. The minimum absolute atomic E-state index is 0.251. The van der Waals surface area contributed by atoms with Gasteiger partial charge in [0.05, 0.1) is 11.9 Å². The molecule has 1 heterocycles. The molecule has 2 rings (SSSR count). The van der Waals surface area contributed by atoms with Gasteiger partial charge in [-0.05, 0) is 30.2 Å². The Morgan fingerprint density at radius 1 is 1.27 bits per heavy atom. The van der Waals surface area contributed by atoms with Gasteiger partial charge in [-0.15, -0.1) is 0 Å². The van der Waals surface area contributed by atoms with Crippen molar-refractivity contribution in [2.45, 2.75) is 12.5 Å². The van der Waals surface area contributed by atoms with E-state index in [0.29, 0.717) is 16.8 Å². The van der Waals surface area contributed by atoms with Gasteiger partial charge in [0.1, 0.15) is 6.10 Å². The summed E-state index contributed by atoms with van der Waals surface area (Å²) in [6, 6.07) is 10.1. The lowest BCUT2D eigenvalue weighted by Crippen LogP contribution is -2.29. The summed E-state index contributed by atoms with van der Waals surface area (Å²) in [5, 5.41) is 12.4. The van der Waals surface area contributed by atoms with E-state index in [4.69, 9.17) is 5.73 Å². The number of primary amides is 1. The number of hydrogen-bond acceptors (Lipinski definition) is 4. The maximum atomic E-state index is 11.8. The van der Waals surface area contributed by atoms with Crippen LogP contribution in [0.25, 0.3) is 0 Å². The first-order valence-electron chi connectivity index (χ1n) is 6.68. The summed E-state index contributed by atoms with van der Waals surface area (Å²) in [6.07, 6.45) is 3.42. The smallest absolute Gasteiger partial charge is 0.253 e. The number of carbonyl (C=O) groups excluding carboxylic acids is 2. The molecular formula is C16H16N3O3. The van der Waals surface area contributed by atoms with Crippen LogP contribution in [0.15, 0.2) is 48.8 Å². The molecule has 1 aromatic carbocycles. The number of aliphatic hydroxyl groups is 1. The lowest BCUT2D eigenvalue weighted by molar-refractivity contribution is -0.122. The summed E-state index contributed by atoms with van der Waals surface area (Å²) < 4.78 is 0. The highest BCUT2D eigenvalue weighted by Gasteiger charge is 2.17. The lowest BCUT2D eigenvalue weighted by atomic mass is 10.0. The minimum Gasteiger partial charge on any atom is -0.383 e. The highest BCUT2D eigenvalue weighted by atomic mass is 16.3. The van der Waals surface area contributed by atoms with E-state index in [9.17, 15) is 14.7 Å². The number of rotatable bonds is 6. The lowest BCUT2D eigenvalue weighted by Gasteiger charge is -2.12. The van der Waals surface area contributed by atoms with E-state index in [2.05, 4.69) is 10.3 Å². The van der Waals surface area contributed by atoms with Crippen molar-refractivity contribution < 1.29 is 14.7 Å². The van der Waals surface area contributed by atoms with E-state index >= 15 is 0 Å². The normalized spacial score (nSPS) is 11.7. The molecule has 0 saturated heterocycles. The Hall–Kier alpha value is -2.73. The zero-order valence-corrected chi connectivity index (χ0v) is 11.8. The molecule has 0 unspecified atom stereocenters. The first-order chi connectivity index (χ1) is 10.6. The van der Waals surface area contributed by atoms with E-state index in [0.717, 1.165) is 0 Å². The van der Waals surface area contributed by atoms with Crippen LogP contribution in [0.2, 0.25) is 0 Å². The van der Waals surface area contributed by atoms with Gasteiger partial charge in [0, 0.05) is 18.2 Å². The molecule has 113 valence electrons. The number of nitrogens with one attached hydrogen (secondary N) is 1. The Morgan fingerprint density at radius 2 is 2.05 bits per heavy atom. The van der Waals surface area contributed by atoms with Gasteiger partial charge in [-0.25, -0.2) is 0 Å². The maximum Gasteiger partial charge on any atom is 0.253 e. The predicted octanol–water partition coefficient (Wildman–Crippen LogP) is 0.927. The molecule has 0 bridgehead atoms.